The maximum atomic E-state index is 11.7. The van der Waals surface area contributed by atoms with E-state index in [2.05, 4.69) is 5.32 Å². The van der Waals surface area contributed by atoms with Crippen LogP contribution < -0.4 is 5.32 Å². The van der Waals surface area contributed by atoms with Crippen molar-refractivity contribution < 1.29 is 14.7 Å². The van der Waals surface area contributed by atoms with E-state index in [1.54, 1.807) is 0 Å². The molecule has 84 valence electrons. The average Bonchev–Trinajstić information content (AvgIpc) is 2.17. The fraction of sp³-hybridized carbons (Fsp3) is 0.800. The van der Waals surface area contributed by atoms with E-state index in [-0.39, 0.29) is 18.0 Å². The second-order valence-corrected chi connectivity index (χ2v) is 4.70. The Morgan fingerprint density at radius 3 is 2.80 bits per heavy atom. The summed E-state index contributed by atoms with van der Waals surface area (Å²) < 4.78 is 0. The van der Waals surface area contributed by atoms with Gasteiger partial charge in [0.1, 0.15) is 0 Å². The van der Waals surface area contributed by atoms with Gasteiger partial charge in [-0.1, -0.05) is 0 Å². The highest BCUT2D eigenvalue weighted by molar-refractivity contribution is 5.93. The number of fused-ring (bicyclic) bond motifs is 3. The molecule has 3 fully saturated rings. The van der Waals surface area contributed by atoms with E-state index in [1.807, 2.05) is 18.7 Å². The summed E-state index contributed by atoms with van der Waals surface area (Å²) in [6.45, 7) is 4.41. The van der Waals surface area contributed by atoms with Gasteiger partial charge in [0.2, 0.25) is 5.91 Å². The van der Waals surface area contributed by atoms with Crippen LogP contribution >= 0.6 is 0 Å². The van der Waals surface area contributed by atoms with E-state index in [1.165, 1.54) is 0 Å². The average molecular weight is 212 g/mol. The zero-order valence-electron chi connectivity index (χ0n) is 8.99. The van der Waals surface area contributed by atoms with Crippen molar-refractivity contribution in [2.24, 2.45) is 0 Å². The number of carbonyl (C=O) groups excluding carboxylic acids is 1. The van der Waals surface area contributed by atoms with Crippen LogP contribution in [0, 0.1) is 0 Å². The third-order valence-corrected chi connectivity index (χ3v) is 3.44. The number of carbonyl (C=O) groups is 2. The lowest BCUT2D eigenvalue weighted by Gasteiger charge is -2.51. The minimum Gasteiger partial charge on any atom is -0.479 e. The highest BCUT2D eigenvalue weighted by Crippen LogP contribution is 2.32. The van der Waals surface area contributed by atoms with Crippen LogP contribution in [0.3, 0.4) is 0 Å². The summed E-state index contributed by atoms with van der Waals surface area (Å²) in [5, 5.41) is 11.8. The lowest BCUT2D eigenvalue weighted by atomic mass is 9.80. The maximum Gasteiger partial charge on any atom is 0.330 e. The smallest absolute Gasteiger partial charge is 0.330 e. The van der Waals surface area contributed by atoms with Gasteiger partial charge in [0.25, 0.3) is 0 Å². The highest BCUT2D eigenvalue weighted by atomic mass is 16.4. The van der Waals surface area contributed by atoms with Gasteiger partial charge in [0.15, 0.2) is 5.54 Å². The molecule has 0 aromatic carbocycles. The Kier molecular flexibility index (Phi) is 2.22. The molecule has 0 saturated carbocycles. The van der Waals surface area contributed by atoms with E-state index in [4.69, 9.17) is 0 Å². The first-order valence-electron chi connectivity index (χ1n) is 5.27. The van der Waals surface area contributed by atoms with Crippen molar-refractivity contribution in [2.75, 3.05) is 6.54 Å². The molecule has 2 atom stereocenters. The lowest BCUT2D eigenvalue weighted by Crippen LogP contribution is -2.75. The minimum absolute atomic E-state index is 0.133. The first-order valence-corrected chi connectivity index (χ1v) is 5.27. The Balaban J connectivity index is 2.30. The molecule has 0 aromatic heterocycles. The number of nitrogens with zero attached hydrogens (tertiary/aromatic N) is 1. The number of piperazine rings is 1. The van der Waals surface area contributed by atoms with Gasteiger partial charge in [-0.3, -0.25) is 9.69 Å². The summed E-state index contributed by atoms with van der Waals surface area (Å²) in [6, 6.07) is 0.0753. The largest absolute Gasteiger partial charge is 0.479 e. The summed E-state index contributed by atoms with van der Waals surface area (Å²) in [7, 11) is 0. The predicted molar refractivity (Wildman–Crippen MR) is 53.4 cm³/mol. The number of hydrogen-bond acceptors (Lipinski definition) is 3. The Labute approximate surface area is 88.4 Å². The van der Waals surface area contributed by atoms with Crippen LogP contribution in [-0.2, 0) is 9.59 Å². The van der Waals surface area contributed by atoms with E-state index in [0.717, 1.165) is 0 Å². The molecule has 3 rings (SSSR count). The molecule has 0 aliphatic carbocycles. The first kappa shape index (κ1) is 10.4. The molecule has 5 nitrogen and oxygen atoms in total. The van der Waals surface area contributed by atoms with Crippen molar-refractivity contribution in [3.8, 4) is 0 Å². The van der Waals surface area contributed by atoms with Crippen molar-refractivity contribution >= 4 is 11.9 Å². The fourth-order valence-electron chi connectivity index (χ4n) is 2.52. The standard InChI is InChI=1S/C10H16N2O3/c1-6(2)12-5-10(9(14)15)4-3-7(12)8(13)11-10/h6-7H,3-5H2,1-2H3,(H,11,13)(H,14,15). The number of piperidine rings is 2. The van der Waals surface area contributed by atoms with Gasteiger partial charge in [-0.05, 0) is 26.7 Å². The normalized spacial score (nSPS) is 35.7. The molecule has 15 heavy (non-hydrogen) atoms. The number of carboxylic acids is 1. The van der Waals surface area contributed by atoms with Crippen molar-refractivity contribution in [1.82, 2.24) is 10.2 Å². The molecule has 2 N–H and O–H groups in total. The third kappa shape index (κ3) is 1.42. The topological polar surface area (TPSA) is 69.6 Å². The van der Waals surface area contributed by atoms with E-state index >= 15 is 0 Å². The molecular formula is C10H16N2O3. The van der Waals surface area contributed by atoms with E-state index in [0.29, 0.717) is 19.4 Å². The highest BCUT2D eigenvalue weighted by Gasteiger charge is 2.54. The second kappa shape index (κ2) is 3.20. The Bertz CT molecular complexity index is 316. The van der Waals surface area contributed by atoms with Crippen molar-refractivity contribution in [1.29, 1.82) is 0 Å². The predicted octanol–water partition coefficient (Wildman–Crippen LogP) is -0.188. The van der Waals surface area contributed by atoms with Crippen LogP contribution in [0.15, 0.2) is 0 Å². The van der Waals surface area contributed by atoms with Crippen molar-refractivity contribution in [2.45, 2.75) is 44.3 Å². The summed E-state index contributed by atoms with van der Waals surface area (Å²) in [5.74, 6) is -1.05. The number of nitrogens with one attached hydrogen (secondary N) is 1. The fourth-order valence-corrected chi connectivity index (χ4v) is 2.52. The number of carboxylic acid groups (broad SMARTS) is 1. The van der Waals surface area contributed by atoms with Crippen LogP contribution in [0.4, 0.5) is 0 Å². The van der Waals surface area contributed by atoms with E-state index < -0.39 is 11.5 Å². The Hall–Kier alpha value is -1.10. The quantitative estimate of drug-likeness (QED) is 0.665. The molecule has 3 saturated heterocycles. The van der Waals surface area contributed by atoms with Gasteiger partial charge in [-0.25, -0.2) is 4.79 Å². The molecule has 3 aliphatic rings. The summed E-state index contributed by atoms with van der Waals surface area (Å²) in [6.07, 6.45) is 1.19. The van der Waals surface area contributed by atoms with Gasteiger partial charge in [0, 0.05) is 12.6 Å². The Morgan fingerprint density at radius 1 is 1.67 bits per heavy atom. The summed E-state index contributed by atoms with van der Waals surface area (Å²) >= 11 is 0. The molecule has 0 aromatic rings. The number of hydrogen-bond donors (Lipinski definition) is 2. The Morgan fingerprint density at radius 2 is 2.33 bits per heavy atom. The maximum absolute atomic E-state index is 11.7. The molecule has 1 amide bonds. The SMILES string of the molecule is CC(C)N1CC2(C(=O)O)CCC1C(=O)N2. The van der Waals surface area contributed by atoms with Crippen LogP contribution in [0.1, 0.15) is 26.7 Å². The zero-order valence-corrected chi connectivity index (χ0v) is 8.99. The van der Waals surface area contributed by atoms with Gasteiger partial charge >= 0.3 is 5.97 Å². The number of amides is 1. The van der Waals surface area contributed by atoms with Gasteiger partial charge in [-0.2, -0.15) is 0 Å². The molecular weight excluding hydrogens is 196 g/mol. The van der Waals surface area contributed by atoms with Crippen molar-refractivity contribution in [3.63, 3.8) is 0 Å². The minimum atomic E-state index is -1.05. The molecule has 2 unspecified atom stereocenters. The number of aliphatic carboxylic acids is 1. The molecule has 2 bridgehead atoms. The summed E-state index contributed by atoms with van der Waals surface area (Å²) in [5.41, 5.74) is -1.05. The van der Waals surface area contributed by atoms with Crippen LogP contribution in [0.5, 0.6) is 0 Å². The monoisotopic (exact) mass is 212 g/mol. The van der Waals surface area contributed by atoms with E-state index in [9.17, 15) is 14.7 Å². The first-order chi connectivity index (χ1) is 6.96. The number of rotatable bonds is 2. The molecule has 0 radical (unpaired) electrons. The molecule has 0 spiro atoms. The second-order valence-electron chi connectivity index (χ2n) is 4.70. The lowest BCUT2D eigenvalue weighted by molar-refractivity contribution is -0.161. The third-order valence-electron chi connectivity index (χ3n) is 3.44. The molecule has 5 heteroatoms. The summed E-state index contributed by atoms with van der Waals surface area (Å²) in [4.78, 5) is 24.9. The van der Waals surface area contributed by atoms with Gasteiger partial charge < -0.3 is 10.4 Å². The van der Waals surface area contributed by atoms with Crippen LogP contribution in [0.2, 0.25) is 0 Å². The van der Waals surface area contributed by atoms with Crippen molar-refractivity contribution in [3.05, 3.63) is 0 Å². The molecule has 3 aliphatic heterocycles. The van der Waals surface area contributed by atoms with Gasteiger partial charge in [-0.15, -0.1) is 0 Å². The van der Waals surface area contributed by atoms with Gasteiger partial charge in [0.05, 0.1) is 6.04 Å². The zero-order chi connectivity index (χ0) is 11.2. The van der Waals surface area contributed by atoms with Crippen LogP contribution in [-0.4, -0.2) is 46.1 Å². The van der Waals surface area contributed by atoms with Crippen LogP contribution in [0.25, 0.3) is 0 Å². The molecule has 3 heterocycles.